The molecule has 0 atom stereocenters. The molecule has 6 heteroatoms. The first-order valence-electron chi connectivity index (χ1n) is 7.46. The molecule has 0 bridgehead atoms. The number of rotatable bonds is 10. The van der Waals surface area contributed by atoms with Gasteiger partial charge in [-0.15, -0.1) is 0 Å². The number of nitrogens with zero attached hydrogens (tertiary/aromatic N) is 2. The van der Waals surface area contributed by atoms with E-state index >= 15 is 0 Å². The van der Waals surface area contributed by atoms with Gasteiger partial charge < -0.3 is 19.7 Å². The van der Waals surface area contributed by atoms with Crippen molar-refractivity contribution in [2.75, 3.05) is 73.2 Å². The van der Waals surface area contributed by atoms with Gasteiger partial charge in [0.15, 0.2) is 0 Å². The smallest absolute Gasteiger partial charge is 0.222 e. The number of methoxy groups -OCH3 is 2. The van der Waals surface area contributed by atoms with Crippen molar-refractivity contribution in [1.29, 1.82) is 0 Å². The van der Waals surface area contributed by atoms with Gasteiger partial charge in [-0.05, 0) is 13.0 Å². The van der Waals surface area contributed by atoms with Crippen LogP contribution >= 0.6 is 0 Å². The summed E-state index contributed by atoms with van der Waals surface area (Å²) in [5, 5.41) is 3.26. The maximum absolute atomic E-state index is 12.0. The van der Waals surface area contributed by atoms with Gasteiger partial charge in [0.2, 0.25) is 5.91 Å². The maximum atomic E-state index is 12.0. The quantitative estimate of drug-likeness (QED) is 0.603. The van der Waals surface area contributed by atoms with Crippen molar-refractivity contribution in [1.82, 2.24) is 15.1 Å². The van der Waals surface area contributed by atoms with E-state index in [0.29, 0.717) is 6.42 Å². The van der Waals surface area contributed by atoms with E-state index in [0.717, 1.165) is 65.4 Å². The van der Waals surface area contributed by atoms with E-state index in [1.807, 2.05) is 4.90 Å². The molecule has 0 aliphatic carbocycles. The second-order valence-electron chi connectivity index (χ2n) is 5.06. The molecule has 0 spiro atoms. The molecule has 1 N–H and O–H groups in total. The summed E-state index contributed by atoms with van der Waals surface area (Å²) in [6, 6.07) is 0. The van der Waals surface area contributed by atoms with Crippen LogP contribution in [0.4, 0.5) is 0 Å². The van der Waals surface area contributed by atoms with Crippen LogP contribution in [0.1, 0.15) is 12.8 Å². The van der Waals surface area contributed by atoms with Gasteiger partial charge in [-0.1, -0.05) is 0 Å². The summed E-state index contributed by atoms with van der Waals surface area (Å²) >= 11 is 0. The van der Waals surface area contributed by atoms with E-state index in [9.17, 15) is 4.79 Å². The van der Waals surface area contributed by atoms with Gasteiger partial charge in [0.05, 0.1) is 13.2 Å². The highest BCUT2D eigenvalue weighted by molar-refractivity contribution is 5.76. The van der Waals surface area contributed by atoms with Crippen LogP contribution in [-0.4, -0.2) is 89.0 Å². The summed E-state index contributed by atoms with van der Waals surface area (Å²) < 4.78 is 10.2. The van der Waals surface area contributed by atoms with E-state index in [2.05, 4.69) is 10.2 Å². The molecule has 6 nitrogen and oxygen atoms in total. The first kappa shape index (κ1) is 17.4. The van der Waals surface area contributed by atoms with E-state index in [-0.39, 0.29) is 5.91 Å². The third-order valence-electron chi connectivity index (χ3n) is 3.56. The molecule has 118 valence electrons. The molecular weight excluding hydrogens is 258 g/mol. The van der Waals surface area contributed by atoms with Gasteiger partial charge in [0, 0.05) is 59.9 Å². The van der Waals surface area contributed by atoms with Gasteiger partial charge in [0.1, 0.15) is 0 Å². The fourth-order valence-electron chi connectivity index (χ4n) is 2.30. The van der Waals surface area contributed by atoms with Crippen molar-refractivity contribution >= 4 is 5.91 Å². The molecular formula is C14H29N3O3. The second kappa shape index (κ2) is 11.0. The predicted molar refractivity (Wildman–Crippen MR) is 78.9 cm³/mol. The predicted octanol–water partition coefficient (Wildman–Crippen LogP) is -0.207. The molecule has 0 unspecified atom stereocenters. The summed E-state index contributed by atoms with van der Waals surface area (Å²) in [6.07, 6.45) is 1.53. The Labute approximate surface area is 122 Å². The topological polar surface area (TPSA) is 54.0 Å². The maximum Gasteiger partial charge on any atom is 0.222 e. The average molecular weight is 287 g/mol. The summed E-state index contributed by atoms with van der Waals surface area (Å²) in [5.41, 5.74) is 0. The number of hydrogen-bond donors (Lipinski definition) is 1. The standard InChI is InChI=1S/C14H29N3O3/c1-19-12-10-16(11-13-20-2)7-3-4-14(18)17-8-5-15-6-9-17/h15H,3-13H2,1-2H3. The SMILES string of the molecule is COCCN(CCCC(=O)N1CCNCC1)CCOC. The molecule has 1 aliphatic rings. The minimum atomic E-state index is 0.282. The molecule has 1 fully saturated rings. The second-order valence-corrected chi connectivity index (χ2v) is 5.06. The lowest BCUT2D eigenvalue weighted by atomic mass is 10.2. The molecule has 1 rings (SSSR count). The van der Waals surface area contributed by atoms with Gasteiger partial charge in [-0.3, -0.25) is 9.69 Å². The average Bonchev–Trinajstić information content (AvgIpc) is 2.50. The lowest BCUT2D eigenvalue weighted by Gasteiger charge is -2.28. The van der Waals surface area contributed by atoms with Gasteiger partial charge >= 0.3 is 0 Å². The Kier molecular flexibility index (Phi) is 9.57. The highest BCUT2D eigenvalue weighted by Crippen LogP contribution is 2.02. The molecule has 1 amide bonds. The Bertz CT molecular complexity index is 250. The van der Waals surface area contributed by atoms with E-state index in [1.54, 1.807) is 14.2 Å². The van der Waals surface area contributed by atoms with E-state index < -0.39 is 0 Å². The third kappa shape index (κ3) is 7.19. The lowest BCUT2D eigenvalue weighted by Crippen LogP contribution is -2.46. The molecule has 0 aromatic rings. The van der Waals surface area contributed by atoms with E-state index in [1.165, 1.54) is 0 Å². The number of piperazine rings is 1. The summed E-state index contributed by atoms with van der Waals surface area (Å²) in [4.78, 5) is 16.3. The summed E-state index contributed by atoms with van der Waals surface area (Å²) in [7, 11) is 3.42. The monoisotopic (exact) mass is 287 g/mol. The Morgan fingerprint density at radius 3 is 2.25 bits per heavy atom. The third-order valence-corrected chi connectivity index (χ3v) is 3.56. The van der Waals surface area contributed by atoms with Gasteiger partial charge in [0.25, 0.3) is 0 Å². The summed E-state index contributed by atoms with van der Waals surface area (Å²) in [6.45, 7) is 7.66. The molecule has 1 heterocycles. The zero-order chi connectivity index (χ0) is 14.6. The normalized spacial score (nSPS) is 15.8. The largest absolute Gasteiger partial charge is 0.383 e. The summed E-state index contributed by atoms with van der Waals surface area (Å²) in [5.74, 6) is 0.282. The fourth-order valence-corrected chi connectivity index (χ4v) is 2.30. The minimum absolute atomic E-state index is 0.282. The Balaban J connectivity index is 2.18. The highest BCUT2D eigenvalue weighted by atomic mass is 16.5. The number of ether oxygens (including phenoxy) is 2. The van der Waals surface area contributed by atoms with Crippen LogP contribution in [-0.2, 0) is 14.3 Å². The number of hydrogen-bond acceptors (Lipinski definition) is 5. The van der Waals surface area contributed by atoms with Crippen LogP contribution in [0.25, 0.3) is 0 Å². The van der Waals surface area contributed by atoms with Gasteiger partial charge in [-0.2, -0.15) is 0 Å². The molecule has 0 aromatic heterocycles. The molecule has 0 aromatic carbocycles. The van der Waals surface area contributed by atoms with Crippen molar-refractivity contribution in [3.8, 4) is 0 Å². The van der Waals surface area contributed by atoms with Crippen LogP contribution in [0.15, 0.2) is 0 Å². The number of amides is 1. The van der Waals surface area contributed by atoms with Crippen molar-refractivity contribution in [2.24, 2.45) is 0 Å². The van der Waals surface area contributed by atoms with Crippen LogP contribution in [0, 0.1) is 0 Å². The van der Waals surface area contributed by atoms with Crippen LogP contribution in [0.2, 0.25) is 0 Å². The molecule has 20 heavy (non-hydrogen) atoms. The molecule has 1 saturated heterocycles. The Morgan fingerprint density at radius 2 is 1.70 bits per heavy atom. The number of nitrogens with one attached hydrogen (secondary N) is 1. The molecule has 1 aliphatic heterocycles. The highest BCUT2D eigenvalue weighted by Gasteiger charge is 2.15. The van der Waals surface area contributed by atoms with Crippen molar-refractivity contribution in [2.45, 2.75) is 12.8 Å². The lowest BCUT2D eigenvalue weighted by molar-refractivity contribution is -0.131. The Hall–Kier alpha value is -0.690. The van der Waals surface area contributed by atoms with Gasteiger partial charge in [-0.25, -0.2) is 0 Å². The van der Waals surface area contributed by atoms with Crippen molar-refractivity contribution in [3.05, 3.63) is 0 Å². The first-order valence-corrected chi connectivity index (χ1v) is 7.46. The minimum Gasteiger partial charge on any atom is -0.383 e. The molecule has 0 saturated carbocycles. The first-order chi connectivity index (χ1) is 9.77. The zero-order valence-electron chi connectivity index (χ0n) is 12.9. The number of carbonyl (C=O) groups is 1. The van der Waals surface area contributed by atoms with Crippen LogP contribution in [0.3, 0.4) is 0 Å². The fraction of sp³-hybridized carbons (Fsp3) is 0.929. The number of carbonyl (C=O) groups excluding carboxylic acids is 1. The Morgan fingerprint density at radius 1 is 1.10 bits per heavy atom. The zero-order valence-corrected chi connectivity index (χ0v) is 12.9. The van der Waals surface area contributed by atoms with Crippen molar-refractivity contribution < 1.29 is 14.3 Å². The molecule has 0 radical (unpaired) electrons. The van der Waals surface area contributed by atoms with E-state index in [4.69, 9.17) is 9.47 Å². The van der Waals surface area contributed by atoms with Crippen LogP contribution < -0.4 is 5.32 Å². The van der Waals surface area contributed by atoms with Crippen LogP contribution in [0.5, 0.6) is 0 Å². The van der Waals surface area contributed by atoms with Crippen molar-refractivity contribution in [3.63, 3.8) is 0 Å².